The van der Waals surface area contributed by atoms with Gasteiger partial charge in [0, 0.05) is 37.6 Å². The summed E-state index contributed by atoms with van der Waals surface area (Å²) in [5.41, 5.74) is 2.03. The van der Waals surface area contributed by atoms with E-state index in [-0.39, 0.29) is 0 Å². The van der Waals surface area contributed by atoms with Crippen LogP contribution in [-0.4, -0.2) is 18.6 Å². The van der Waals surface area contributed by atoms with Crippen LogP contribution in [0, 0.1) is 17.1 Å². The van der Waals surface area contributed by atoms with E-state index in [2.05, 4.69) is 4.98 Å². The molecular weight excluding hydrogens is 241 g/mol. The van der Waals surface area contributed by atoms with Crippen LogP contribution in [0.15, 0.2) is 42.6 Å². The van der Waals surface area contributed by atoms with Crippen molar-refractivity contribution < 1.29 is 4.39 Å². The van der Waals surface area contributed by atoms with Gasteiger partial charge in [-0.05, 0) is 30.3 Å². The molecule has 0 atom stereocenters. The molecule has 2 rings (SSSR count). The predicted molar refractivity (Wildman–Crippen MR) is 72.3 cm³/mol. The number of benzene rings is 1. The van der Waals surface area contributed by atoms with Gasteiger partial charge in [0.05, 0.1) is 11.6 Å². The Labute approximate surface area is 111 Å². The molecular formula is C15H14FN3. The zero-order valence-electron chi connectivity index (χ0n) is 10.7. The molecule has 96 valence electrons. The second-order valence-electron chi connectivity index (χ2n) is 4.30. The van der Waals surface area contributed by atoms with Crippen LogP contribution < -0.4 is 4.90 Å². The molecule has 0 aliphatic carbocycles. The number of nitriles is 1. The number of pyridine rings is 1. The first kappa shape index (κ1) is 13.0. The van der Waals surface area contributed by atoms with Gasteiger partial charge < -0.3 is 4.90 Å². The number of hydrogen-bond donors (Lipinski definition) is 0. The quantitative estimate of drug-likeness (QED) is 0.843. The molecule has 0 bridgehead atoms. The number of likely N-dealkylation sites (N-methyl/N-ethyl adjacent to an activating group) is 1. The topological polar surface area (TPSA) is 39.9 Å². The molecule has 0 unspecified atom stereocenters. The number of rotatable bonds is 4. The van der Waals surface area contributed by atoms with Crippen LogP contribution in [0.25, 0.3) is 0 Å². The van der Waals surface area contributed by atoms with Crippen molar-refractivity contribution in [3.63, 3.8) is 0 Å². The number of anilines is 1. The van der Waals surface area contributed by atoms with E-state index in [4.69, 9.17) is 5.26 Å². The molecule has 0 amide bonds. The van der Waals surface area contributed by atoms with Gasteiger partial charge in [0.2, 0.25) is 0 Å². The van der Waals surface area contributed by atoms with Crippen molar-refractivity contribution >= 4 is 5.69 Å². The van der Waals surface area contributed by atoms with Crippen LogP contribution in [0.4, 0.5) is 10.1 Å². The molecule has 0 saturated carbocycles. The maximum atomic E-state index is 13.3. The first-order chi connectivity index (χ1) is 9.19. The smallest absolute Gasteiger partial charge is 0.126 e. The normalized spacial score (nSPS) is 9.95. The standard InChI is InChI=1S/C15H14FN3/c1-19(7-5-14-4-2-3-6-18-14)15-9-12(11-17)8-13(16)10-15/h2-4,6,8-10H,5,7H2,1H3. The van der Waals surface area contributed by atoms with E-state index in [1.807, 2.05) is 36.2 Å². The van der Waals surface area contributed by atoms with Gasteiger partial charge in [-0.15, -0.1) is 0 Å². The van der Waals surface area contributed by atoms with E-state index in [9.17, 15) is 4.39 Å². The van der Waals surface area contributed by atoms with E-state index >= 15 is 0 Å². The zero-order chi connectivity index (χ0) is 13.7. The number of halogens is 1. The summed E-state index contributed by atoms with van der Waals surface area (Å²) in [6, 6.07) is 12.1. The Morgan fingerprint density at radius 2 is 2.16 bits per heavy atom. The molecule has 0 spiro atoms. The fourth-order valence-electron chi connectivity index (χ4n) is 1.82. The minimum atomic E-state index is -0.390. The third-order valence-electron chi connectivity index (χ3n) is 2.88. The number of aromatic nitrogens is 1. The summed E-state index contributed by atoms with van der Waals surface area (Å²) in [5.74, 6) is -0.390. The maximum absolute atomic E-state index is 13.3. The molecule has 1 aromatic heterocycles. The van der Waals surface area contributed by atoms with Crippen molar-refractivity contribution in [3.05, 3.63) is 59.7 Å². The van der Waals surface area contributed by atoms with Crippen molar-refractivity contribution in [1.29, 1.82) is 5.26 Å². The molecule has 0 radical (unpaired) electrons. The van der Waals surface area contributed by atoms with E-state index < -0.39 is 5.82 Å². The van der Waals surface area contributed by atoms with Gasteiger partial charge in [0.1, 0.15) is 5.82 Å². The first-order valence-electron chi connectivity index (χ1n) is 6.01. The summed E-state index contributed by atoms with van der Waals surface area (Å²) in [6.45, 7) is 0.714. The molecule has 0 saturated heterocycles. The lowest BCUT2D eigenvalue weighted by molar-refractivity contribution is 0.626. The summed E-state index contributed by atoms with van der Waals surface area (Å²) in [7, 11) is 1.87. The van der Waals surface area contributed by atoms with Crippen LogP contribution in [0.3, 0.4) is 0 Å². The van der Waals surface area contributed by atoms with Crippen molar-refractivity contribution in [3.8, 4) is 6.07 Å². The number of hydrogen-bond acceptors (Lipinski definition) is 3. The van der Waals surface area contributed by atoms with E-state index in [1.54, 1.807) is 12.3 Å². The first-order valence-corrected chi connectivity index (χ1v) is 6.01. The van der Waals surface area contributed by atoms with Gasteiger partial charge in [-0.25, -0.2) is 4.39 Å². The van der Waals surface area contributed by atoms with Crippen LogP contribution >= 0.6 is 0 Å². The molecule has 0 aliphatic heterocycles. The summed E-state index contributed by atoms with van der Waals surface area (Å²) in [5, 5.41) is 8.83. The van der Waals surface area contributed by atoms with Gasteiger partial charge in [0.15, 0.2) is 0 Å². The Kier molecular flexibility index (Phi) is 4.09. The number of nitrogens with zero attached hydrogens (tertiary/aromatic N) is 3. The third-order valence-corrected chi connectivity index (χ3v) is 2.88. The predicted octanol–water partition coefficient (Wildman–Crippen LogP) is 2.77. The third kappa shape index (κ3) is 3.52. The average Bonchev–Trinajstić information content (AvgIpc) is 2.45. The summed E-state index contributed by atoms with van der Waals surface area (Å²) >= 11 is 0. The summed E-state index contributed by atoms with van der Waals surface area (Å²) in [4.78, 5) is 6.16. The van der Waals surface area contributed by atoms with Crippen LogP contribution in [-0.2, 0) is 6.42 Å². The highest BCUT2D eigenvalue weighted by molar-refractivity contribution is 5.51. The van der Waals surface area contributed by atoms with Crippen molar-refractivity contribution in [2.45, 2.75) is 6.42 Å². The van der Waals surface area contributed by atoms with E-state index in [0.717, 1.165) is 12.1 Å². The van der Waals surface area contributed by atoms with Crippen LogP contribution in [0.5, 0.6) is 0 Å². The molecule has 0 aliphatic rings. The highest BCUT2D eigenvalue weighted by atomic mass is 19.1. The SMILES string of the molecule is CN(CCc1ccccn1)c1cc(F)cc(C#N)c1. The van der Waals surface area contributed by atoms with Crippen LogP contribution in [0.1, 0.15) is 11.3 Å². The van der Waals surface area contributed by atoms with E-state index in [1.165, 1.54) is 12.1 Å². The van der Waals surface area contributed by atoms with Crippen molar-refractivity contribution in [1.82, 2.24) is 4.98 Å². The molecule has 2 aromatic rings. The highest BCUT2D eigenvalue weighted by Crippen LogP contribution is 2.17. The van der Waals surface area contributed by atoms with Crippen LogP contribution in [0.2, 0.25) is 0 Å². The van der Waals surface area contributed by atoms with Gasteiger partial charge in [-0.3, -0.25) is 4.98 Å². The Morgan fingerprint density at radius 3 is 2.84 bits per heavy atom. The maximum Gasteiger partial charge on any atom is 0.126 e. The Balaban J connectivity index is 2.06. The largest absolute Gasteiger partial charge is 0.374 e. The fraction of sp³-hybridized carbons (Fsp3) is 0.200. The average molecular weight is 255 g/mol. The highest BCUT2D eigenvalue weighted by Gasteiger charge is 2.05. The monoisotopic (exact) mass is 255 g/mol. The lowest BCUT2D eigenvalue weighted by Gasteiger charge is -2.19. The molecule has 1 heterocycles. The molecule has 1 aromatic carbocycles. The second-order valence-corrected chi connectivity index (χ2v) is 4.30. The molecule has 19 heavy (non-hydrogen) atoms. The summed E-state index contributed by atoms with van der Waals surface area (Å²) < 4.78 is 13.3. The Bertz CT molecular complexity index is 590. The Morgan fingerprint density at radius 1 is 1.32 bits per heavy atom. The minimum absolute atomic E-state index is 0.333. The van der Waals surface area contributed by atoms with Gasteiger partial charge >= 0.3 is 0 Å². The fourth-order valence-corrected chi connectivity index (χ4v) is 1.82. The lowest BCUT2D eigenvalue weighted by Crippen LogP contribution is -2.20. The van der Waals surface area contributed by atoms with Gasteiger partial charge in [-0.2, -0.15) is 5.26 Å². The molecule has 4 heteroatoms. The minimum Gasteiger partial charge on any atom is -0.374 e. The second kappa shape index (κ2) is 5.96. The lowest BCUT2D eigenvalue weighted by atomic mass is 10.2. The molecule has 0 N–H and O–H groups in total. The summed E-state index contributed by atoms with van der Waals surface area (Å²) in [6.07, 6.45) is 2.53. The molecule has 3 nitrogen and oxygen atoms in total. The van der Waals surface area contributed by atoms with E-state index in [0.29, 0.717) is 17.8 Å². The van der Waals surface area contributed by atoms with Gasteiger partial charge in [0.25, 0.3) is 0 Å². The zero-order valence-corrected chi connectivity index (χ0v) is 10.7. The van der Waals surface area contributed by atoms with Crippen molar-refractivity contribution in [2.24, 2.45) is 0 Å². The van der Waals surface area contributed by atoms with Gasteiger partial charge in [-0.1, -0.05) is 6.07 Å². The molecule has 0 fully saturated rings. The Hall–Kier alpha value is -2.41. The van der Waals surface area contributed by atoms with Crippen molar-refractivity contribution in [2.75, 3.05) is 18.5 Å².